The van der Waals surface area contributed by atoms with Gasteiger partial charge in [0.2, 0.25) is 0 Å². The predicted octanol–water partition coefficient (Wildman–Crippen LogP) is 15.6. The summed E-state index contributed by atoms with van der Waals surface area (Å²) in [4.78, 5) is 18.2. The number of hydrogen-bond acceptors (Lipinski definition) is 4. The van der Waals surface area contributed by atoms with Crippen molar-refractivity contribution < 1.29 is 19.8 Å². The first-order valence-corrected chi connectivity index (χ1v) is 34.6. The predicted molar refractivity (Wildman–Crippen MR) is 226 cm³/mol. The van der Waals surface area contributed by atoms with E-state index in [1.165, 1.54) is 204 Å². The van der Waals surface area contributed by atoms with E-state index in [1.807, 2.05) is 0 Å². The van der Waals surface area contributed by atoms with E-state index in [0.29, 0.717) is 0 Å². The summed E-state index contributed by atoms with van der Waals surface area (Å²) in [5, 5.41) is 14.8. The summed E-state index contributed by atoms with van der Waals surface area (Å²) in [6, 6.07) is 0. The molecule has 0 rings (SSSR count). The molecule has 0 saturated carbocycles. The van der Waals surface area contributed by atoms with Gasteiger partial charge in [0.1, 0.15) is 0 Å². The van der Waals surface area contributed by atoms with Crippen LogP contribution in [0.1, 0.15) is 233 Å². The van der Waals surface area contributed by atoms with Crippen molar-refractivity contribution in [2.45, 2.75) is 242 Å². The molecule has 0 amide bonds. The summed E-state index contributed by atoms with van der Waals surface area (Å²) in [5.41, 5.74) is 0. The van der Waals surface area contributed by atoms with E-state index in [1.54, 1.807) is 21.7 Å². The molecule has 2 N–H and O–H groups in total. The average molecular weight is 838 g/mol. The van der Waals surface area contributed by atoms with Crippen LogP contribution in [0, 0.1) is 0 Å². The molecule has 0 aliphatic heterocycles. The third-order valence-corrected chi connectivity index (χ3v) is 40.9. The van der Waals surface area contributed by atoms with E-state index in [4.69, 9.17) is 19.8 Å². The SMILES string of the molecule is CCCCCCCCCCCC[S][Sn]([CH2]CCCCCCC)([CH2]CCCCCCC)[S]CCCCCCCCCCCC.O=C(O)C(=O)O. The molecule has 0 unspecified atom stereocenters. The smallest absolute Gasteiger partial charge is 0.473 e. The van der Waals surface area contributed by atoms with Gasteiger partial charge in [-0.2, -0.15) is 0 Å². The number of unbranched alkanes of at least 4 members (excludes halogenated alkanes) is 28. The fourth-order valence-electron chi connectivity index (χ4n) is 6.50. The minimum Gasteiger partial charge on any atom is -0.473 e. The van der Waals surface area contributed by atoms with Crippen LogP contribution in [0.15, 0.2) is 0 Å². The van der Waals surface area contributed by atoms with Crippen LogP contribution in [0.5, 0.6) is 0 Å². The third-order valence-electron chi connectivity index (χ3n) is 9.73. The fraction of sp³-hybridized carbons (Fsp3) is 0.952. The molecule has 0 saturated heterocycles. The maximum absolute atomic E-state index is 9.10. The molecule has 0 atom stereocenters. The molecule has 0 radical (unpaired) electrons. The first kappa shape index (κ1) is 51.5. The Bertz CT molecular complexity index is 623. The van der Waals surface area contributed by atoms with Crippen LogP contribution in [0.3, 0.4) is 0 Å². The van der Waals surface area contributed by atoms with Gasteiger partial charge >= 0.3 is 285 Å². The van der Waals surface area contributed by atoms with Crippen LogP contribution < -0.4 is 0 Å². The number of aliphatic carboxylic acids is 2. The van der Waals surface area contributed by atoms with Gasteiger partial charge in [-0.3, -0.25) is 0 Å². The van der Waals surface area contributed by atoms with E-state index in [9.17, 15) is 0 Å². The van der Waals surface area contributed by atoms with Crippen LogP contribution in [-0.2, 0) is 9.59 Å². The third kappa shape index (κ3) is 41.1. The van der Waals surface area contributed by atoms with Crippen LogP contribution in [0.2, 0.25) is 8.87 Å². The van der Waals surface area contributed by atoms with Gasteiger partial charge in [-0.1, -0.05) is 13.8 Å². The van der Waals surface area contributed by atoms with Crippen molar-refractivity contribution in [3.05, 3.63) is 0 Å². The Morgan fingerprint density at radius 3 is 0.776 bits per heavy atom. The van der Waals surface area contributed by atoms with Gasteiger partial charge in [-0.15, -0.1) is 0 Å². The molecule has 0 aromatic carbocycles. The number of carbonyl (C=O) groups is 2. The molecule has 294 valence electrons. The van der Waals surface area contributed by atoms with E-state index in [2.05, 4.69) is 45.6 Å². The molecule has 0 aromatic heterocycles. The minimum atomic E-state index is -2.21. The molecule has 0 aliphatic carbocycles. The molecule has 7 heteroatoms. The first-order chi connectivity index (χ1) is 23.9. The van der Waals surface area contributed by atoms with Crippen molar-refractivity contribution in [3.63, 3.8) is 0 Å². The molecule has 4 nitrogen and oxygen atoms in total. The van der Waals surface area contributed by atoms with E-state index in [0.717, 1.165) is 0 Å². The van der Waals surface area contributed by atoms with Crippen molar-refractivity contribution >= 4 is 45.4 Å². The van der Waals surface area contributed by atoms with Gasteiger partial charge in [0.15, 0.2) is 0 Å². The Labute approximate surface area is 316 Å². The number of carboxylic acids is 2. The van der Waals surface area contributed by atoms with Gasteiger partial charge in [-0.05, 0) is 0 Å². The maximum atomic E-state index is 9.10. The Hall–Kier alpha value is 0.439. The normalized spacial score (nSPS) is 11.4. The van der Waals surface area contributed by atoms with Crippen molar-refractivity contribution in [2.24, 2.45) is 0 Å². The van der Waals surface area contributed by atoms with Crippen LogP contribution >= 0.6 is 17.9 Å². The second kappa shape index (κ2) is 42.8. The standard InChI is InChI=1S/2C12H26S.2C8H17.C2H2O4.Sn/c2*1-2-3-4-5-6-7-8-9-10-11-12-13;2*1-3-5-7-8-6-4-2;3-1(4)2(5)6;/h2*13H,2-12H2,1H3;2*1,3-8H2,2H3;(H,3,4)(H,5,6);/q;;;;;+2/p-2. The second-order valence-electron chi connectivity index (χ2n) is 14.6. The quantitative estimate of drug-likeness (QED) is 0.0367. The summed E-state index contributed by atoms with van der Waals surface area (Å²) in [7, 11) is 5.27. The molecular formula is C42H86O4S2Sn. The Morgan fingerprint density at radius 2 is 0.551 bits per heavy atom. The van der Waals surface area contributed by atoms with E-state index < -0.39 is 27.5 Å². The zero-order valence-electron chi connectivity index (χ0n) is 33.5. The van der Waals surface area contributed by atoms with Crippen molar-refractivity contribution in [1.29, 1.82) is 0 Å². The molecule has 49 heavy (non-hydrogen) atoms. The summed E-state index contributed by atoms with van der Waals surface area (Å²) < 4.78 is 3.36. The van der Waals surface area contributed by atoms with Crippen LogP contribution in [0.25, 0.3) is 0 Å². The minimum absolute atomic E-state index is 1.37. The molecule has 0 spiro atoms. The molecule has 0 fully saturated rings. The topological polar surface area (TPSA) is 74.6 Å². The summed E-state index contributed by atoms with van der Waals surface area (Å²) >= 11 is -2.21. The Kier molecular flexibility index (Phi) is 45.1. The van der Waals surface area contributed by atoms with Crippen LogP contribution in [0.4, 0.5) is 0 Å². The second-order valence-corrected chi connectivity index (χ2v) is 41.2. The summed E-state index contributed by atoms with van der Waals surface area (Å²) in [6.45, 7) is 9.37. The van der Waals surface area contributed by atoms with Gasteiger partial charge in [0.25, 0.3) is 0 Å². The van der Waals surface area contributed by atoms with Crippen molar-refractivity contribution in [2.75, 3.05) is 11.5 Å². The fourth-order valence-corrected chi connectivity index (χ4v) is 37.2. The molecule has 0 aliphatic rings. The van der Waals surface area contributed by atoms with Gasteiger partial charge in [0.05, 0.1) is 0 Å². The first-order valence-electron chi connectivity index (χ1n) is 21.6. The summed E-state index contributed by atoms with van der Waals surface area (Å²) in [6.07, 6.45) is 47.3. The molecular weight excluding hydrogens is 751 g/mol. The van der Waals surface area contributed by atoms with Crippen LogP contribution in [-0.4, -0.2) is 49.3 Å². The molecule has 0 aromatic rings. The van der Waals surface area contributed by atoms with Gasteiger partial charge < -0.3 is 10.2 Å². The monoisotopic (exact) mass is 838 g/mol. The zero-order chi connectivity index (χ0) is 36.5. The number of rotatable bonds is 38. The van der Waals surface area contributed by atoms with E-state index in [-0.39, 0.29) is 0 Å². The number of carboxylic acid groups (broad SMARTS) is 2. The van der Waals surface area contributed by atoms with Crippen molar-refractivity contribution in [1.82, 2.24) is 0 Å². The average Bonchev–Trinajstić information content (AvgIpc) is 3.09. The molecule has 0 bridgehead atoms. The molecule has 0 heterocycles. The van der Waals surface area contributed by atoms with E-state index >= 15 is 0 Å². The Balaban J connectivity index is 0. The Morgan fingerprint density at radius 1 is 0.347 bits per heavy atom. The van der Waals surface area contributed by atoms with Gasteiger partial charge in [0, 0.05) is 0 Å². The summed E-state index contributed by atoms with van der Waals surface area (Å²) in [5.74, 6) is -0.642. The zero-order valence-corrected chi connectivity index (χ0v) is 38.0. The number of hydrogen-bond donors (Lipinski definition) is 2. The van der Waals surface area contributed by atoms with Crippen molar-refractivity contribution in [3.8, 4) is 0 Å². The van der Waals surface area contributed by atoms with Gasteiger partial charge in [-0.25, -0.2) is 9.59 Å².